The number of nitrogens with one attached hydrogen (secondary N) is 4. The molecule has 0 aromatic heterocycles. The van der Waals surface area contributed by atoms with Gasteiger partial charge in [-0.3, -0.25) is 14.3 Å². The fourth-order valence-electron chi connectivity index (χ4n) is 3.07. The second-order valence-electron chi connectivity index (χ2n) is 8.50. The molecule has 0 bridgehead atoms. The van der Waals surface area contributed by atoms with Gasteiger partial charge in [0.05, 0.1) is 12.1 Å². The van der Waals surface area contributed by atoms with Gasteiger partial charge < -0.3 is 16.0 Å². The van der Waals surface area contributed by atoms with Gasteiger partial charge in [0.1, 0.15) is 0 Å². The van der Waals surface area contributed by atoms with Gasteiger partial charge in [-0.1, -0.05) is 60.8 Å². The average Bonchev–Trinajstić information content (AvgIpc) is 2.61. The first-order valence-electron chi connectivity index (χ1n) is 10.9. The normalized spacial score (nSPS) is 13.9. The van der Waals surface area contributed by atoms with E-state index in [0.29, 0.717) is 12.5 Å². The SMILES string of the molecule is CC(C)NCCCCC(NC(C)C)C(=O)NC(CCCCNS)C(=O)C(C)C. The maximum Gasteiger partial charge on any atom is 0.237 e. The lowest BCUT2D eigenvalue weighted by atomic mass is 9.96. The van der Waals surface area contributed by atoms with Gasteiger partial charge in [-0.05, 0) is 38.6 Å². The van der Waals surface area contributed by atoms with Crippen LogP contribution in [0.4, 0.5) is 0 Å². The topological polar surface area (TPSA) is 82.3 Å². The van der Waals surface area contributed by atoms with E-state index in [0.717, 1.165) is 45.2 Å². The zero-order valence-corrected chi connectivity index (χ0v) is 19.7. The van der Waals surface area contributed by atoms with E-state index < -0.39 is 6.04 Å². The van der Waals surface area contributed by atoms with Crippen LogP contribution in [0.15, 0.2) is 0 Å². The lowest BCUT2D eigenvalue weighted by Crippen LogP contribution is -2.52. The van der Waals surface area contributed by atoms with E-state index in [1.165, 1.54) is 0 Å². The van der Waals surface area contributed by atoms with Crippen molar-refractivity contribution in [3.63, 3.8) is 0 Å². The monoisotopic (exact) mass is 416 g/mol. The second kappa shape index (κ2) is 16.2. The van der Waals surface area contributed by atoms with Gasteiger partial charge in [0.25, 0.3) is 0 Å². The van der Waals surface area contributed by atoms with Gasteiger partial charge in [-0.2, -0.15) is 0 Å². The Labute approximate surface area is 178 Å². The molecular weight excluding hydrogens is 372 g/mol. The van der Waals surface area contributed by atoms with E-state index >= 15 is 0 Å². The fourth-order valence-corrected chi connectivity index (χ4v) is 3.23. The third-order valence-corrected chi connectivity index (χ3v) is 4.81. The Bertz CT molecular complexity index is 431. The molecule has 6 nitrogen and oxygen atoms in total. The molecule has 0 aliphatic rings. The van der Waals surface area contributed by atoms with Crippen molar-refractivity contribution in [2.24, 2.45) is 5.92 Å². The Morgan fingerprint density at radius 1 is 0.786 bits per heavy atom. The number of thiol groups is 1. The number of hydrogen-bond donors (Lipinski definition) is 5. The number of rotatable bonds is 17. The second-order valence-corrected chi connectivity index (χ2v) is 8.82. The summed E-state index contributed by atoms with van der Waals surface area (Å²) in [5.74, 6) is -0.0413. The molecule has 28 heavy (non-hydrogen) atoms. The van der Waals surface area contributed by atoms with E-state index in [1.807, 2.05) is 27.7 Å². The molecule has 0 fully saturated rings. The minimum Gasteiger partial charge on any atom is -0.345 e. The highest BCUT2D eigenvalue weighted by atomic mass is 32.1. The van der Waals surface area contributed by atoms with Crippen molar-refractivity contribution in [3.8, 4) is 0 Å². The molecule has 0 aromatic rings. The number of ketones is 1. The summed E-state index contributed by atoms with van der Waals surface area (Å²) in [5, 5.41) is 9.80. The lowest BCUT2D eigenvalue weighted by molar-refractivity contribution is -0.130. The highest BCUT2D eigenvalue weighted by Gasteiger charge is 2.26. The largest absolute Gasteiger partial charge is 0.345 e. The summed E-state index contributed by atoms with van der Waals surface area (Å²) in [7, 11) is 0. The number of Topliss-reactive ketones (excluding diaryl/α,β-unsaturated/α-hetero) is 1. The van der Waals surface area contributed by atoms with Crippen molar-refractivity contribution in [1.82, 2.24) is 20.7 Å². The summed E-state index contributed by atoms with van der Waals surface area (Å²) in [6.45, 7) is 13.9. The van der Waals surface area contributed by atoms with Crippen LogP contribution in [0.3, 0.4) is 0 Å². The first kappa shape index (κ1) is 27.4. The first-order valence-corrected chi connectivity index (χ1v) is 11.3. The van der Waals surface area contributed by atoms with Crippen molar-refractivity contribution >= 4 is 24.5 Å². The van der Waals surface area contributed by atoms with Crippen molar-refractivity contribution in [2.45, 2.75) is 104 Å². The van der Waals surface area contributed by atoms with E-state index in [-0.39, 0.29) is 29.7 Å². The predicted molar refractivity (Wildman–Crippen MR) is 122 cm³/mol. The summed E-state index contributed by atoms with van der Waals surface area (Å²) in [4.78, 5) is 25.5. The van der Waals surface area contributed by atoms with E-state index in [4.69, 9.17) is 0 Å². The highest BCUT2D eigenvalue weighted by Crippen LogP contribution is 2.10. The lowest BCUT2D eigenvalue weighted by Gasteiger charge is -2.25. The van der Waals surface area contributed by atoms with Crippen LogP contribution in [-0.4, -0.2) is 48.9 Å². The standard InChI is InChI=1S/C21H44N4O2S/c1-15(2)20(26)18(11-8-10-14-23-28)25-21(27)19(24-17(5)6)12-7-9-13-22-16(3)4/h15-19,22-24,28H,7-14H2,1-6H3,(H,25,27). The third kappa shape index (κ3) is 13.5. The number of carbonyl (C=O) groups excluding carboxylic acids is 2. The van der Waals surface area contributed by atoms with Crippen LogP contribution in [0.25, 0.3) is 0 Å². The predicted octanol–water partition coefficient (Wildman–Crippen LogP) is 2.84. The Balaban J connectivity index is 4.76. The molecule has 2 unspecified atom stereocenters. The molecule has 0 spiro atoms. The molecule has 0 aromatic carbocycles. The maximum atomic E-state index is 12.9. The molecule has 0 radical (unpaired) electrons. The summed E-state index contributed by atoms with van der Waals surface area (Å²) in [5.41, 5.74) is 0. The van der Waals surface area contributed by atoms with Crippen LogP contribution in [0, 0.1) is 5.92 Å². The Kier molecular flexibility index (Phi) is 15.8. The number of amides is 1. The maximum absolute atomic E-state index is 12.9. The van der Waals surface area contributed by atoms with E-state index in [1.54, 1.807) is 0 Å². The van der Waals surface area contributed by atoms with Crippen molar-refractivity contribution in [1.29, 1.82) is 0 Å². The number of carbonyl (C=O) groups is 2. The van der Waals surface area contributed by atoms with Crippen LogP contribution < -0.4 is 20.7 Å². The summed E-state index contributed by atoms with van der Waals surface area (Å²) >= 11 is 3.99. The summed E-state index contributed by atoms with van der Waals surface area (Å²) < 4.78 is 2.82. The van der Waals surface area contributed by atoms with Crippen LogP contribution in [0.1, 0.15) is 80.1 Å². The average molecular weight is 417 g/mol. The van der Waals surface area contributed by atoms with Gasteiger partial charge in [0.15, 0.2) is 5.78 Å². The molecule has 2 atom stereocenters. The van der Waals surface area contributed by atoms with Gasteiger partial charge in [0.2, 0.25) is 5.91 Å². The number of hydrogen-bond acceptors (Lipinski definition) is 6. The molecule has 4 N–H and O–H groups in total. The van der Waals surface area contributed by atoms with Crippen molar-refractivity contribution in [3.05, 3.63) is 0 Å². The zero-order valence-electron chi connectivity index (χ0n) is 18.8. The Morgan fingerprint density at radius 3 is 1.86 bits per heavy atom. The minimum absolute atomic E-state index is 0.0585. The smallest absolute Gasteiger partial charge is 0.237 e. The first-order chi connectivity index (χ1) is 13.2. The van der Waals surface area contributed by atoms with Crippen LogP contribution in [-0.2, 0) is 9.59 Å². The highest BCUT2D eigenvalue weighted by molar-refractivity contribution is 7.78. The zero-order chi connectivity index (χ0) is 21.5. The molecule has 0 heterocycles. The third-order valence-electron chi connectivity index (χ3n) is 4.58. The summed E-state index contributed by atoms with van der Waals surface area (Å²) in [6.07, 6.45) is 5.25. The molecule has 0 aliphatic carbocycles. The molecule has 1 amide bonds. The molecule has 0 saturated heterocycles. The summed E-state index contributed by atoms with van der Waals surface area (Å²) in [6, 6.07) is 0.0193. The fraction of sp³-hybridized carbons (Fsp3) is 0.905. The van der Waals surface area contributed by atoms with Crippen molar-refractivity contribution < 1.29 is 9.59 Å². The van der Waals surface area contributed by atoms with Crippen LogP contribution >= 0.6 is 12.8 Å². The van der Waals surface area contributed by atoms with Gasteiger partial charge in [-0.15, -0.1) is 0 Å². The molecule has 7 heteroatoms. The quantitative estimate of drug-likeness (QED) is 0.186. The van der Waals surface area contributed by atoms with Crippen LogP contribution in [0.5, 0.6) is 0 Å². The van der Waals surface area contributed by atoms with Gasteiger partial charge >= 0.3 is 0 Å². The van der Waals surface area contributed by atoms with Gasteiger partial charge in [-0.25, -0.2) is 0 Å². The van der Waals surface area contributed by atoms with E-state index in [2.05, 4.69) is 47.3 Å². The molecule has 0 saturated carbocycles. The molecule has 0 rings (SSSR count). The minimum atomic E-state index is -0.411. The Morgan fingerprint density at radius 2 is 1.36 bits per heavy atom. The van der Waals surface area contributed by atoms with Crippen molar-refractivity contribution in [2.75, 3.05) is 13.1 Å². The van der Waals surface area contributed by atoms with E-state index in [9.17, 15) is 9.59 Å². The molecular formula is C21H44N4O2S. The molecule has 0 aliphatic heterocycles. The number of unbranched alkanes of at least 4 members (excludes halogenated alkanes) is 2. The molecule has 166 valence electrons. The van der Waals surface area contributed by atoms with Crippen LogP contribution in [0.2, 0.25) is 0 Å². The Hall–Kier alpha value is -0.630. The van der Waals surface area contributed by atoms with Gasteiger partial charge in [0, 0.05) is 24.5 Å².